The predicted octanol–water partition coefficient (Wildman–Crippen LogP) is 3.07. The summed E-state index contributed by atoms with van der Waals surface area (Å²) in [6, 6.07) is 2.00. The first kappa shape index (κ1) is 17.0. The second-order valence-corrected chi connectivity index (χ2v) is 5.50. The molecule has 0 bridgehead atoms. The standard InChI is InChI=1S/C14H18FNO5/c1-8-10(16(18)19)7-6-9(15)11(8)12(13(17)20-5)21-14(2,3)4/h6-7,12H,1-5H3. The molecule has 0 fully saturated rings. The Balaban J connectivity index is 3.46. The van der Waals surface area contributed by atoms with Gasteiger partial charge in [-0.05, 0) is 33.8 Å². The average Bonchev–Trinajstić information content (AvgIpc) is 2.34. The molecule has 0 saturated heterocycles. The van der Waals surface area contributed by atoms with E-state index >= 15 is 0 Å². The van der Waals surface area contributed by atoms with E-state index in [1.165, 1.54) is 6.92 Å². The van der Waals surface area contributed by atoms with Gasteiger partial charge in [0, 0.05) is 17.2 Å². The van der Waals surface area contributed by atoms with Crippen molar-refractivity contribution < 1.29 is 23.6 Å². The Morgan fingerprint density at radius 1 is 1.38 bits per heavy atom. The Bertz CT molecular complexity index is 565. The van der Waals surface area contributed by atoms with Crippen LogP contribution in [-0.4, -0.2) is 23.6 Å². The molecule has 1 atom stereocenters. The van der Waals surface area contributed by atoms with Crippen molar-refractivity contribution >= 4 is 11.7 Å². The Morgan fingerprint density at radius 3 is 2.38 bits per heavy atom. The van der Waals surface area contributed by atoms with Crippen molar-refractivity contribution in [2.24, 2.45) is 0 Å². The number of hydrogen-bond donors (Lipinski definition) is 0. The number of hydrogen-bond acceptors (Lipinski definition) is 5. The van der Waals surface area contributed by atoms with E-state index in [9.17, 15) is 19.3 Å². The maximum Gasteiger partial charge on any atom is 0.339 e. The lowest BCUT2D eigenvalue weighted by atomic mass is 10.00. The third kappa shape index (κ3) is 3.98. The van der Waals surface area contributed by atoms with Crippen LogP contribution in [0.25, 0.3) is 0 Å². The topological polar surface area (TPSA) is 78.7 Å². The number of benzene rings is 1. The smallest absolute Gasteiger partial charge is 0.339 e. The number of nitro groups is 1. The highest BCUT2D eigenvalue weighted by Crippen LogP contribution is 2.33. The lowest BCUT2D eigenvalue weighted by molar-refractivity contribution is -0.385. The van der Waals surface area contributed by atoms with E-state index in [1.807, 2.05) is 0 Å². The first-order chi connectivity index (χ1) is 9.58. The summed E-state index contributed by atoms with van der Waals surface area (Å²) < 4.78 is 24.3. The van der Waals surface area contributed by atoms with Gasteiger partial charge in [0.1, 0.15) is 5.82 Å². The molecule has 0 saturated carbocycles. The molecule has 116 valence electrons. The molecule has 0 amide bonds. The van der Waals surface area contributed by atoms with Crippen molar-refractivity contribution in [3.63, 3.8) is 0 Å². The summed E-state index contributed by atoms with van der Waals surface area (Å²) in [5.41, 5.74) is -1.18. The van der Waals surface area contributed by atoms with Gasteiger partial charge in [-0.3, -0.25) is 10.1 Å². The molecule has 0 aliphatic carbocycles. The van der Waals surface area contributed by atoms with Gasteiger partial charge in [-0.2, -0.15) is 0 Å². The van der Waals surface area contributed by atoms with Gasteiger partial charge in [-0.1, -0.05) is 0 Å². The van der Waals surface area contributed by atoms with Crippen LogP contribution in [0, 0.1) is 22.9 Å². The molecular formula is C14H18FNO5. The zero-order valence-corrected chi connectivity index (χ0v) is 12.6. The van der Waals surface area contributed by atoms with Gasteiger partial charge in [-0.15, -0.1) is 0 Å². The van der Waals surface area contributed by atoms with Gasteiger partial charge in [0.25, 0.3) is 5.69 Å². The first-order valence-corrected chi connectivity index (χ1v) is 6.27. The fourth-order valence-electron chi connectivity index (χ4n) is 1.89. The fourth-order valence-corrected chi connectivity index (χ4v) is 1.89. The molecule has 1 aromatic carbocycles. The molecule has 1 unspecified atom stereocenters. The minimum atomic E-state index is -1.37. The van der Waals surface area contributed by atoms with Crippen LogP contribution in [-0.2, 0) is 14.3 Å². The maximum absolute atomic E-state index is 14.1. The van der Waals surface area contributed by atoms with E-state index < -0.39 is 28.4 Å². The monoisotopic (exact) mass is 299 g/mol. The van der Waals surface area contributed by atoms with Gasteiger partial charge in [-0.25, -0.2) is 9.18 Å². The van der Waals surface area contributed by atoms with Crippen LogP contribution < -0.4 is 0 Å². The van der Waals surface area contributed by atoms with E-state index in [4.69, 9.17) is 4.74 Å². The van der Waals surface area contributed by atoms with Crippen molar-refractivity contribution in [2.75, 3.05) is 7.11 Å². The van der Waals surface area contributed by atoms with E-state index in [1.54, 1.807) is 20.8 Å². The van der Waals surface area contributed by atoms with E-state index in [2.05, 4.69) is 4.74 Å². The van der Waals surface area contributed by atoms with Crippen LogP contribution in [0.1, 0.15) is 38.0 Å². The second kappa shape index (κ2) is 6.17. The normalized spacial score (nSPS) is 12.9. The summed E-state index contributed by atoms with van der Waals surface area (Å²) in [5, 5.41) is 11.0. The Labute approximate surface area is 122 Å². The van der Waals surface area contributed by atoms with E-state index in [0.29, 0.717) is 0 Å². The van der Waals surface area contributed by atoms with Crippen LogP contribution in [0.4, 0.5) is 10.1 Å². The highest BCUT2D eigenvalue weighted by Gasteiger charge is 2.33. The summed E-state index contributed by atoms with van der Waals surface area (Å²) in [4.78, 5) is 22.2. The van der Waals surface area contributed by atoms with E-state index in [0.717, 1.165) is 19.2 Å². The van der Waals surface area contributed by atoms with Crippen LogP contribution in [0.5, 0.6) is 0 Å². The van der Waals surface area contributed by atoms with Gasteiger partial charge in [0.15, 0.2) is 6.10 Å². The third-order valence-corrected chi connectivity index (χ3v) is 2.78. The first-order valence-electron chi connectivity index (χ1n) is 6.27. The molecule has 21 heavy (non-hydrogen) atoms. The Kier molecular flexibility index (Phi) is 5.01. The molecule has 0 radical (unpaired) electrons. The number of nitrogens with zero attached hydrogens (tertiary/aromatic N) is 1. The van der Waals surface area contributed by atoms with Crippen LogP contribution in [0.3, 0.4) is 0 Å². The summed E-state index contributed by atoms with van der Waals surface area (Å²) in [6.45, 7) is 6.44. The minimum Gasteiger partial charge on any atom is -0.467 e. The molecule has 7 heteroatoms. The van der Waals surface area contributed by atoms with Gasteiger partial charge in [0.05, 0.1) is 17.6 Å². The number of methoxy groups -OCH3 is 1. The molecule has 0 heterocycles. The number of nitro benzene ring substituents is 1. The highest BCUT2D eigenvalue weighted by molar-refractivity contribution is 5.77. The number of rotatable bonds is 4. The maximum atomic E-state index is 14.1. The summed E-state index contributed by atoms with van der Waals surface area (Å²) in [5.74, 6) is -1.56. The predicted molar refractivity (Wildman–Crippen MR) is 73.4 cm³/mol. The third-order valence-electron chi connectivity index (χ3n) is 2.78. The molecule has 0 aliphatic heterocycles. The van der Waals surface area contributed by atoms with E-state index in [-0.39, 0.29) is 16.8 Å². The van der Waals surface area contributed by atoms with Gasteiger partial charge >= 0.3 is 5.97 Å². The summed E-state index contributed by atoms with van der Waals surface area (Å²) in [7, 11) is 1.14. The lowest BCUT2D eigenvalue weighted by Crippen LogP contribution is -2.29. The molecule has 0 spiro atoms. The minimum absolute atomic E-state index is 0.0413. The highest BCUT2D eigenvalue weighted by atomic mass is 19.1. The summed E-state index contributed by atoms with van der Waals surface area (Å²) >= 11 is 0. The quantitative estimate of drug-likeness (QED) is 0.485. The number of ether oxygens (including phenoxy) is 2. The summed E-state index contributed by atoms with van der Waals surface area (Å²) in [6.07, 6.45) is -1.37. The Hall–Kier alpha value is -2.02. The molecule has 6 nitrogen and oxygen atoms in total. The zero-order chi connectivity index (χ0) is 16.4. The molecular weight excluding hydrogens is 281 g/mol. The number of carbonyl (C=O) groups is 1. The van der Waals surface area contributed by atoms with Gasteiger partial charge in [0.2, 0.25) is 0 Å². The molecule has 0 aromatic heterocycles. The number of halogens is 1. The number of esters is 1. The Morgan fingerprint density at radius 2 is 1.95 bits per heavy atom. The van der Waals surface area contributed by atoms with Gasteiger partial charge < -0.3 is 9.47 Å². The van der Waals surface area contributed by atoms with Crippen LogP contribution >= 0.6 is 0 Å². The SMILES string of the molecule is COC(=O)C(OC(C)(C)C)c1c(F)ccc([N+](=O)[O-])c1C. The molecule has 0 N–H and O–H groups in total. The lowest BCUT2D eigenvalue weighted by Gasteiger charge is -2.27. The number of carbonyl (C=O) groups excluding carboxylic acids is 1. The molecule has 1 rings (SSSR count). The van der Waals surface area contributed by atoms with Crippen molar-refractivity contribution in [1.29, 1.82) is 0 Å². The van der Waals surface area contributed by atoms with Crippen molar-refractivity contribution in [3.05, 3.63) is 39.2 Å². The van der Waals surface area contributed by atoms with Crippen LogP contribution in [0.2, 0.25) is 0 Å². The second-order valence-electron chi connectivity index (χ2n) is 5.50. The molecule has 1 aromatic rings. The van der Waals surface area contributed by atoms with Crippen molar-refractivity contribution in [1.82, 2.24) is 0 Å². The fraction of sp³-hybridized carbons (Fsp3) is 0.500. The van der Waals surface area contributed by atoms with Crippen LogP contribution in [0.15, 0.2) is 12.1 Å². The van der Waals surface area contributed by atoms with Crippen molar-refractivity contribution in [3.8, 4) is 0 Å². The van der Waals surface area contributed by atoms with Crippen molar-refractivity contribution in [2.45, 2.75) is 39.4 Å². The zero-order valence-electron chi connectivity index (χ0n) is 12.6. The molecule has 0 aliphatic rings. The largest absolute Gasteiger partial charge is 0.467 e. The average molecular weight is 299 g/mol.